The van der Waals surface area contributed by atoms with Crippen LogP contribution in [0.2, 0.25) is 0 Å². The van der Waals surface area contributed by atoms with Gasteiger partial charge in [0.1, 0.15) is 11.4 Å². The Bertz CT molecular complexity index is 1180. The number of benzene rings is 1. The van der Waals surface area contributed by atoms with Gasteiger partial charge in [0.25, 0.3) is 5.91 Å². The molecule has 0 spiro atoms. The van der Waals surface area contributed by atoms with Crippen molar-refractivity contribution >= 4 is 29.2 Å². The minimum Gasteiger partial charge on any atom is -0.330 e. The van der Waals surface area contributed by atoms with Crippen LogP contribution < -0.4 is 10.0 Å². The maximum Gasteiger partial charge on any atom is 0.274 e. The van der Waals surface area contributed by atoms with Crippen LogP contribution in [0.3, 0.4) is 0 Å². The van der Waals surface area contributed by atoms with Crippen LogP contribution in [0.5, 0.6) is 0 Å². The molecule has 0 aliphatic heterocycles. The van der Waals surface area contributed by atoms with Crippen molar-refractivity contribution in [1.82, 2.24) is 19.7 Å². The third-order valence-electron chi connectivity index (χ3n) is 4.34. The van der Waals surface area contributed by atoms with Gasteiger partial charge >= 0.3 is 0 Å². The number of amides is 1. The maximum absolute atomic E-state index is 12.9. The first-order valence-corrected chi connectivity index (χ1v) is 10.5. The van der Waals surface area contributed by atoms with Gasteiger partial charge in [-0.25, -0.2) is 4.98 Å². The lowest BCUT2D eigenvalue weighted by atomic mass is 10.1. The van der Waals surface area contributed by atoms with Crippen molar-refractivity contribution in [1.29, 1.82) is 0 Å². The van der Waals surface area contributed by atoms with E-state index >= 15 is 0 Å². The Morgan fingerprint density at radius 3 is 2.67 bits per heavy atom. The zero-order chi connectivity index (χ0) is 20.9. The zero-order valence-electron chi connectivity index (χ0n) is 16.5. The summed E-state index contributed by atoms with van der Waals surface area (Å²) in [6, 6.07) is 18.9. The molecule has 30 heavy (non-hydrogen) atoms. The molecule has 7 nitrogen and oxygen atoms in total. The van der Waals surface area contributed by atoms with Gasteiger partial charge in [-0.15, -0.1) is 0 Å². The Hall–Kier alpha value is -3.65. The number of aryl methyl sites for hydroxylation is 1. The second kappa shape index (κ2) is 8.79. The number of nitrogens with one attached hydrogen (secondary N) is 2. The average Bonchev–Trinajstić information content (AvgIpc) is 3.15. The first kappa shape index (κ1) is 19.7. The second-order valence-electron chi connectivity index (χ2n) is 6.53. The number of pyridine rings is 2. The summed E-state index contributed by atoms with van der Waals surface area (Å²) in [6.07, 6.45) is 5.41. The van der Waals surface area contributed by atoms with E-state index in [9.17, 15) is 4.79 Å². The fourth-order valence-electron chi connectivity index (χ4n) is 3.04. The van der Waals surface area contributed by atoms with Gasteiger partial charge in [-0.2, -0.15) is 5.10 Å². The summed E-state index contributed by atoms with van der Waals surface area (Å²) in [5.74, 6) is -0.305. The van der Waals surface area contributed by atoms with Crippen LogP contribution in [-0.2, 0) is 7.05 Å². The Morgan fingerprint density at radius 1 is 1.03 bits per heavy atom. The zero-order valence-corrected chi connectivity index (χ0v) is 17.4. The first-order chi connectivity index (χ1) is 14.6. The Morgan fingerprint density at radius 2 is 1.87 bits per heavy atom. The Kier molecular flexibility index (Phi) is 5.76. The number of aromatic nitrogens is 4. The quantitative estimate of drug-likeness (QED) is 0.451. The third kappa shape index (κ3) is 4.33. The molecule has 0 bridgehead atoms. The van der Waals surface area contributed by atoms with Gasteiger partial charge < -0.3 is 10.0 Å². The van der Waals surface area contributed by atoms with Crippen molar-refractivity contribution in [2.45, 2.75) is 0 Å². The van der Waals surface area contributed by atoms with Gasteiger partial charge in [0.15, 0.2) is 0 Å². The molecular weight excluding hydrogens is 396 g/mol. The van der Waals surface area contributed by atoms with Crippen LogP contribution in [0, 0.1) is 0 Å². The van der Waals surface area contributed by atoms with E-state index in [1.807, 2.05) is 60.9 Å². The molecule has 2 N–H and O–H groups in total. The number of rotatable bonds is 6. The summed E-state index contributed by atoms with van der Waals surface area (Å²) in [5.41, 5.74) is 4.84. The van der Waals surface area contributed by atoms with Gasteiger partial charge in [0.2, 0.25) is 0 Å². The first-order valence-electron chi connectivity index (χ1n) is 9.27. The van der Waals surface area contributed by atoms with Crippen molar-refractivity contribution in [2.24, 2.45) is 7.05 Å². The molecule has 0 saturated heterocycles. The summed E-state index contributed by atoms with van der Waals surface area (Å²) >= 11 is 1.52. The van der Waals surface area contributed by atoms with Crippen LogP contribution in [0.4, 0.5) is 11.4 Å². The topological polar surface area (TPSA) is 84.7 Å². The fraction of sp³-hybridized carbons (Fsp3) is 0.0909. The predicted octanol–water partition coefficient (Wildman–Crippen LogP) is 4.49. The lowest BCUT2D eigenvalue weighted by Crippen LogP contribution is -2.14. The number of carbonyl (C=O) groups is 1. The van der Waals surface area contributed by atoms with E-state index < -0.39 is 0 Å². The maximum atomic E-state index is 12.9. The molecule has 0 saturated carbocycles. The highest BCUT2D eigenvalue weighted by molar-refractivity contribution is 7.99. The van der Waals surface area contributed by atoms with Gasteiger partial charge in [-0.3, -0.25) is 14.5 Å². The molecule has 0 fully saturated rings. The van der Waals surface area contributed by atoms with Gasteiger partial charge in [0, 0.05) is 36.9 Å². The van der Waals surface area contributed by atoms with E-state index in [0.717, 1.165) is 16.9 Å². The lowest BCUT2D eigenvalue weighted by molar-refractivity contribution is 0.102. The molecule has 3 aromatic heterocycles. The summed E-state index contributed by atoms with van der Waals surface area (Å²) in [7, 11) is 1.80. The largest absolute Gasteiger partial charge is 0.330 e. The molecule has 3 heterocycles. The molecular formula is C22H20N6OS. The fourth-order valence-corrected chi connectivity index (χ4v) is 3.40. The number of anilines is 2. The molecule has 0 aliphatic rings. The van der Waals surface area contributed by atoms with E-state index in [-0.39, 0.29) is 5.91 Å². The Labute approximate surface area is 178 Å². The molecule has 0 aliphatic carbocycles. The molecule has 0 radical (unpaired) electrons. The van der Waals surface area contributed by atoms with Crippen molar-refractivity contribution in [2.75, 3.05) is 16.3 Å². The monoisotopic (exact) mass is 416 g/mol. The second-order valence-corrected chi connectivity index (χ2v) is 7.14. The third-order valence-corrected chi connectivity index (χ3v) is 4.78. The van der Waals surface area contributed by atoms with Gasteiger partial charge in [-0.05, 0) is 36.4 Å². The molecule has 8 heteroatoms. The van der Waals surface area contributed by atoms with Crippen LogP contribution in [0.25, 0.3) is 22.6 Å². The highest BCUT2D eigenvalue weighted by Gasteiger charge is 2.16. The predicted molar refractivity (Wildman–Crippen MR) is 121 cm³/mol. The average molecular weight is 417 g/mol. The molecule has 1 aromatic carbocycles. The minimum absolute atomic E-state index is 0.305. The molecule has 0 atom stereocenters. The summed E-state index contributed by atoms with van der Waals surface area (Å²) in [4.78, 5) is 21.8. The van der Waals surface area contributed by atoms with E-state index in [2.05, 4.69) is 25.1 Å². The lowest BCUT2D eigenvalue weighted by Gasteiger charge is -2.08. The SMILES string of the molecule is CSNc1cccc(-c2cccc(C(=O)Nc3cn(C)nc3-c3ccccn3)n2)c1. The van der Waals surface area contributed by atoms with E-state index in [0.29, 0.717) is 22.8 Å². The standard InChI is InChI=1S/C22H20N6OS/c1-28-14-20(21(26-28)18-9-3-4-12-23-18)25-22(29)19-11-6-10-17(24-19)15-7-5-8-16(13-15)27-30-2/h3-14,27H,1-2H3,(H,25,29). The number of hydrogen-bond acceptors (Lipinski definition) is 6. The van der Waals surface area contributed by atoms with Gasteiger partial charge in [0.05, 0.1) is 17.1 Å². The van der Waals surface area contributed by atoms with Crippen LogP contribution in [-0.4, -0.2) is 31.9 Å². The summed E-state index contributed by atoms with van der Waals surface area (Å²) in [6.45, 7) is 0. The van der Waals surface area contributed by atoms with Crippen LogP contribution in [0.1, 0.15) is 10.5 Å². The number of nitrogens with zero attached hydrogens (tertiary/aromatic N) is 4. The summed E-state index contributed by atoms with van der Waals surface area (Å²) < 4.78 is 4.85. The molecule has 4 rings (SSSR count). The highest BCUT2D eigenvalue weighted by atomic mass is 32.2. The molecule has 0 unspecified atom stereocenters. The van der Waals surface area contributed by atoms with Crippen molar-refractivity contribution in [3.8, 4) is 22.6 Å². The minimum atomic E-state index is -0.305. The van der Waals surface area contributed by atoms with E-state index in [1.54, 1.807) is 30.2 Å². The van der Waals surface area contributed by atoms with Crippen LogP contribution in [0.15, 0.2) is 73.1 Å². The Balaban J connectivity index is 1.60. The van der Waals surface area contributed by atoms with E-state index in [4.69, 9.17) is 0 Å². The molecule has 150 valence electrons. The number of carbonyl (C=O) groups excluding carboxylic acids is 1. The van der Waals surface area contributed by atoms with Crippen LogP contribution >= 0.6 is 11.9 Å². The van der Waals surface area contributed by atoms with Gasteiger partial charge in [-0.1, -0.05) is 36.2 Å². The smallest absolute Gasteiger partial charge is 0.274 e. The van der Waals surface area contributed by atoms with Crippen molar-refractivity contribution in [3.05, 3.63) is 78.8 Å². The van der Waals surface area contributed by atoms with E-state index in [1.165, 1.54) is 11.9 Å². The highest BCUT2D eigenvalue weighted by Crippen LogP contribution is 2.26. The molecule has 1 amide bonds. The normalized spacial score (nSPS) is 10.6. The van der Waals surface area contributed by atoms with Crippen molar-refractivity contribution in [3.63, 3.8) is 0 Å². The molecule has 4 aromatic rings. The summed E-state index contributed by atoms with van der Waals surface area (Å²) in [5, 5.41) is 7.35. The number of hydrogen-bond donors (Lipinski definition) is 2. The van der Waals surface area contributed by atoms with Crippen molar-refractivity contribution < 1.29 is 4.79 Å².